The van der Waals surface area contributed by atoms with E-state index in [4.69, 9.17) is 0 Å². The summed E-state index contributed by atoms with van der Waals surface area (Å²) in [7, 11) is -1.57. The lowest BCUT2D eigenvalue weighted by Crippen LogP contribution is -2.41. The summed E-state index contributed by atoms with van der Waals surface area (Å²) in [5.41, 5.74) is 0.904. The van der Waals surface area contributed by atoms with E-state index in [2.05, 4.69) is 25.7 Å². The average Bonchev–Trinajstić information content (AvgIpc) is 2.53. The van der Waals surface area contributed by atoms with Crippen molar-refractivity contribution in [3.63, 3.8) is 0 Å². The van der Waals surface area contributed by atoms with Gasteiger partial charge in [0.25, 0.3) is 0 Å². The molecule has 0 bridgehead atoms. The van der Waals surface area contributed by atoms with Gasteiger partial charge in [-0.15, -0.1) is 0 Å². The molecule has 0 unspecified atom stereocenters. The fourth-order valence-electron chi connectivity index (χ4n) is 2.53. The van der Waals surface area contributed by atoms with Crippen LogP contribution in [0.15, 0.2) is 59.5 Å². The van der Waals surface area contributed by atoms with Gasteiger partial charge in [-0.1, -0.05) is 86.0 Å². The van der Waals surface area contributed by atoms with E-state index < -0.39 is 20.1 Å². The molecular weight excluding hydrogens is 320 g/mol. The Kier molecular flexibility index (Phi) is 5.84. The van der Waals surface area contributed by atoms with E-state index in [9.17, 15) is 9.90 Å². The van der Waals surface area contributed by atoms with Crippen LogP contribution in [-0.2, 0) is 4.79 Å². The fraction of sp³-hybridized carbons (Fsp3) is 0.316. The molecule has 0 aliphatic heterocycles. The monoisotopic (exact) mass is 344 g/mol. The molecule has 0 saturated heterocycles. The van der Waals surface area contributed by atoms with Gasteiger partial charge in [-0.2, -0.15) is 0 Å². The van der Waals surface area contributed by atoms with Crippen LogP contribution >= 0.6 is 11.8 Å². The van der Waals surface area contributed by atoms with E-state index >= 15 is 0 Å². The summed E-state index contributed by atoms with van der Waals surface area (Å²) in [6, 6.07) is 17.6. The van der Waals surface area contributed by atoms with Gasteiger partial charge >= 0.3 is 0 Å². The Labute approximate surface area is 144 Å². The first-order valence-electron chi connectivity index (χ1n) is 7.85. The van der Waals surface area contributed by atoms with E-state index in [0.717, 1.165) is 10.5 Å². The van der Waals surface area contributed by atoms with Crippen LogP contribution < -0.4 is 5.19 Å². The standard InChI is InChI=1S/C19H24O2SSi/c1-14(19(21)22-15-10-6-5-7-11-15)18(20)16-12-8-9-13-17(16)23(2,3)4/h5-14,18,20H,1-4H3/t14-,18-/m0/s1. The zero-order chi connectivity index (χ0) is 17.0. The van der Waals surface area contributed by atoms with Crippen LogP contribution in [0.5, 0.6) is 0 Å². The second-order valence-electron chi connectivity index (χ2n) is 6.80. The van der Waals surface area contributed by atoms with Gasteiger partial charge in [0.1, 0.15) is 0 Å². The van der Waals surface area contributed by atoms with Crippen molar-refractivity contribution in [2.45, 2.75) is 37.6 Å². The number of carbonyl (C=O) groups is 1. The molecule has 0 saturated carbocycles. The van der Waals surface area contributed by atoms with E-state index in [1.165, 1.54) is 16.9 Å². The molecular formula is C19H24O2SSi. The first-order valence-corrected chi connectivity index (χ1v) is 12.2. The Balaban J connectivity index is 2.20. The smallest absolute Gasteiger partial charge is 0.199 e. The number of hydrogen-bond acceptors (Lipinski definition) is 3. The molecule has 0 aliphatic carbocycles. The van der Waals surface area contributed by atoms with Crippen molar-refractivity contribution in [1.29, 1.82) is 0 Å². The van der Waals surface area contributed by atoms with Crippen LogP contribution in [-0.4, -0.2) is 18.3 Å². The Hall–Kier alpha value is -1.36. The normalized spacial score (nSPS) is 14.3. The zero-order valence-electron chi connectivity index (χ0n) is 14.1. The van der Waals surface area contributed by atoms with Gasteiger partial charge in [0.2, 0.25) is 0 Å². The van der Waals surface area contributed by atoms with Crippen LogP contribution in [0, 0.1) is 5.92 Å². The third-order valence-electron chi connectivity index (χ3n) is 3.89. The minimum Gasteiger partial charge on any atom is -0.388 e. The van der Waals surface area contributed by atoms with Gasteiger partial charge in [-0.3, -0.25) is 4.79 Å². The minimum atomic E-state index is -1.57. The molecule has 2 aromatic rings. The first-order chi connectivity index (χ1) is 10.8. The van der Waals surface area contributed by atoms with Crippen molar-refractivity contribution in [2.75, 3.05) is 0 Å². The summed E-state index contributed by atoms with van der Waals surface area (Å²) in [5, 5.41) is 12.0. The Morgan fingerprint density at radius 3 is 2.17 bits per heavy atom. The summed E-state index contributed by atoms with van der Waals surface area (Å²) in [5.74, 6) is -0.447. The van der Waals surface area contributed by atoms with Crippen LogP contribution in [0.1, 0.15) is 18.6 Å². The van der Waals surface area contributed by atoms with Gasteiger partial charge in [-0.25, -0.2) is 0 Å². The van der Waals surface area contributed by atoms with Gasteiger partial charge < -0.3 is 5.11 Å². The van der Waals surface area contributed by atoms with Crippen molar-refractivity contribution in [3.8, 4) is 0 Å². The van der Waals surface area contributed by atoms with Gasteiger partial charge in [0, 0.05) is 4.90 Å². The van der Waals surface area contributed by atoms with Crippen LogP contribution in [0.4, 0.5) is 0 Å². The van der Waals surface area contributed by atoms with Gasteiger partial charge in [0.05, 0.1) is 20.1 Å². The van der Waals surface area contributed by atoms with Crippen LogP contribution in [0.3, 0.4) is 0 Å². The zero-order valence-corrected chi connectivity index (χ0v) is 15.9. The van der Waals surface area contributed by atoms with E-state index in [1.54, 1.807) is 0 Å². The maximum Gasteiger partial charge on any atom is 0.199 e. The molecule has 0 aliphatic rings. The van der Waals surface area contributed by atoms with Crippen molar-refractivity contribution in [2.24, 2.45) is 5.92 Å². The predicted molar refractivity (Wildman–Crippen MR) is 101 cm³/mol. The molecule has 4 heteroatoms. The lowest BCUT2D eigenvalue weighted by atomic mass is 9.98. The molecule has 1 N–H and O–H groups in total. The summed E-state index contributed by atoms with van der Waals surface area (Å²) in [6.45, 7) is 8.57. The van der Waals surface area contributed by atoms with Crippen LogP contribution in [0.25, 0.3) is 0 Å². The SMILES string of the molecule is C[C@H](C(=O)Sc1ccccc1)[C@H](O)c1ccccc1[Si](C)(C)C. The number of rotatable bonds is 5. The molecule has 2 atom stereocenters. The minimum absolute atomic E-state index is 0.00548. The number of thioether (sulfide) groups is 1. The Morgan fingerprint density at radius 1 is 1.00 bits per heavy atom. The highest BCUT2D eigenvalue weighted by Crippen LogP contribution is 2.30. The number of aliphatic hydroxyl groups is 1. The van der Waals surface area contributed by atoms with Crippen molar-refractivity contribution >= 4 is 30.1 Å². The highest BCUT2D eigenvalue weighted by Gasteiger charge is 2.29. The average molecular weight is 345 g/mol. The van der Waals surface area contributed by atoms with Crippen LogP contribution in [0.2, 0.25) is 19.6 Å². The molecule has 0 amide bonds. The Morgan fingerprint density at radius 2 is 1.57 bits per heavy atom. The molecule has 0 radical (unpaired) electrons. The lowest BCUT2D eigenvalue weighted by molar-refractivity contribution is -0.117. The third kappa shape index (κ3) is 4.56. The van der Waals surface area contributed by atoms with Gasteiger partial charge in [0.15, 0.2) is 5.12 Å². The first kappa shape index (κ1) is 18.0. The second-order valence-corrected chi connectivity index (χ2v) is 12.9. The van der Waals surface area contributed by atoms with Crippen molar-refractivity contribution < 1.29 is 9.90 Å². The molecule has 0 aromatic heterocycles. The number of carbonyl (C=O) groups excluding carboxylic acids is 1. The van der Waals surface area contributed by atoms with Crippen molar-refractivity contribution in [3.05, 3.63) is 60.2 Å². The fourth-order valence-corrected chi connectivity index (χ4v) is 5.07. The van der Waals surface area contributed by atoms with E-state index in [-0.39, 0.29) is 5.12 Å². The van der Waals surface area contributed by atoms with Crippen molar-refractivity contribution in [1.82, 2.24) is 0 Å². The topological polar surface area (TPSA) is 37.3 Å². The molecule has 2 nitrogen and oxygen atoms in total. The third-order valence-corrected chi connectivity index (χ3v) is 7.05. The maximum absolute atomic E-state index is 12.5. The number of aliphatic hydroxyl groups excluding tert-OH is 1. The summed E-state index contributed by atoms with van der Waals surface area (Å²) >= 11 is 1.20. The Bertz CT molecular complexity index is 665. The number of benzene rings is 2. The molecule has 0 fully saturated rings. The summed E-state index contributed by atoms with van der Waals surface area (Å²) in [4.78, 5) is 13.4. The van der Waals surface area contributed by atoms with E-state index in [0.29, 0.717) is 0 Å². The molecule has 2 aromatic carbocycles. The summed E-state index contributed by atoms with van der Waals surface area (Å²) in [6.07, 6.45) is -0.762. The highest BCUT2D eigenvalue weighted by atomic mass is 32.2. The molecule has 23 heavy (non-hydrogen) atoms. The number of hydrogen-bond donors (Lipinski definition) is 1. The molecule has 0 heterocycles. The largest absolute Gasteiger partial charge is 0.388 e. The highest BCUT2D eigenvalue weighted by molar-refractivity contribution is 8.13. The quantitative estimate of drug-likeness (QED) is 0.652. The van der Waals surface area contributed by atoms with Gasteiger partial charge in [-0.05, 0) is 17.7 Å². The lowest BCUT2D eigenvalue weighted by Gasteiger charge is -2.26. The maximum atomic E-state index is 12.5. The summed E-state index contributed by atoms with van der Waals surface area (Å²) < 4.78 is 0. The molecule has 2 rings (SSSR count). The molecule has 122 valence electrons. The predicted octanol–water partition coefficient (Wildman–Crippen LogP) is 4.22. The van der Waals surface area contributed by atoms with E-state index in [1.807, 2.05) is 55.5 Å². The second kappa shape index (κ2) is 7.47. The molecule has 0 spiro atoms.